The van der Waals surface area contributed by atoms with Crippen LogP contribution in [-0.4, -0.2) is 12.5 Å². The summed E-state index contributed by atoms with van der Waals surface area (Å²) in [4.78, 5) is 11.2. The van der Waals surface area contributed by atoms with E-state index < -0.39 is 0 Å². The average molecular weight is 293 g/mol. The Labute approximate surface area is 89.7 Å². The maximum absolute atomic E-state index is 13.0. The second-order valence-corrected chi connectivity index (χ2v) is 3.65. The molecular formula is C9H9FINO. The lowest BCUT2D eigenvalue weighted by Crippen LogP contribution is -2.22. The van der Waals surface area contributed by atoms with Crippen LogP contribution in [0.15, 0.2) is 18.2 Å². The molecule has 4 heteroatoms. The maximum Gasteiger partial charge on any atom is 0.251 e. The highest BCUT2D eigenvalue weighted by Crippen LogP contribution is 2.12. The molecule has 0 aliphatic carbocycles. The van der Waals surface area contributed by atoms with Gasteiger partial charge in [0.15, 0.2) is 0 Å². The second kappa shape index (κ2) is 4.55. The molecule has 0 heterocycles. The monoisotopic (exact) mass is 293 g/mol. The van der Waals surface area contributed by atoms with Crippen molar-refractivity contribution in [1.29, 1.82) is 0 Å². The first-order valence-corrected chi connectivity index (χ1v) is 4.96. The number of benzene rings is 1. The maximum atomic E-state index is 13.0. The van der Waals surface area contributed by atoms with Gasteiger partial charge in [-0.05, 0) is 47.7 Å². The number of halogens is 2. The molecule has 0 aliphatic heterocycles. The Morgan fingerprint density at radius 3 is 2.85 bits per heavy atom. The molecule has 0 saturated carbocycles. The molecule has 70 valence electrons. The minimum absolute atomic E-state index is 0.238. The van der Waals surface area contributed by atoms with Gasteiger partial charge in [-0.1, -0.05) is 0 Å². The predicted octanol–water partition coefficient (Wildman–Crippen LogP) is 2.18. The van der Waals surface area contributed by atoms with E-state index in [4.69, 9.17) is 0 Å². The van der Waals surface area contributed by atoms with Gasteiger partial charge in [0.2, 0.25) is 0 Å². The van der Waals surface area contributed by atoms with Gasteiger partial charge in [0.1, 0.15) is 5.82 Å². The van der Waals surface area contributed by atoms with Crippen LogP contribution < -0.4 is 5.32 Å². The summed E-state index contributed by atoms with van der Waals surface area (Å²) >= 11 is 1.88. The molecule has 0 fully saturated rings. The molecule has 1 aromatic carbocycles. The quantitative estimate of drug-likeness (QED) is 0.832. The first-order chi connectivity index (χ1) is 6.15. The lowest BCUT2D eigenvalue weighted by Gasteiger charge is -2.02. The number of carbonyl (C=O) groups is 1. The second-order valence-electron chi connectivity index (χ2n) is 2.49. The zero-order valence-corrected chi connectivity index (χ0v) is 9.26. The number of rotatable bonds is 2. The van der Waals surface area contributed by atoms with Gasteiger partial charge >= 0.3 is 0 Å². The Bertz CT molecular complexity index is 327. The Kier molecular flexibility index (Phi) is 3.65. The van der Waals surface area contributed by atoms with Gasteiger partial charge in [0, 0.05) is 15.7 Å². The molecule has 13 heavy (non-hydrogen) atoms. The smallest absolute Gasteiger partial charge is 0.251 e. The summed E-state index contributed by atoms with van der Waals surface area (Å²) in [5.74, 6) is -0.595. The number of amides is 1. The topological polar surface area (TPSA) is 29.1 Å². The van der Waals surface area contributed by atoms with Gasteiger partial charge in [-0.3, -0.25) is 4.79 Å². The van der Waals surface area contributed by atoms with Crippen molar-refractivity contribution in [2.24, 2.45) is 0 Å². The summed E-state index contributed by atoms with van der Waals surface area (Å²) in [7, 11) is 0. The van der Waals surface area contributed by atoms with Crippen LogP contribution in [0, 0.1) is 9.39 Å². The first-order valence-electron chi connectivity index (χ1n) is 3.88. The van der Waals surface area contributed by atoms with Crippen molar-refractivity contribution >= 4 is 28.5 Å². The third-order valence-electron chi connectivity index (χ3n) is 1.52. The summed E-state index contributed by atoms with van der Waals surface area (Å²) in [6.45, 7) is 2.37. The number of hydrogen-bond acceptors (Lipinski definition) is 1. The van der Waals surface area contributed by atoms with Crippen LogP contribution in [0.5, 0.6) is 0 Å². The fourth-order valence-electron chi connectivity index (χ4n) is 0.900. The van der Waals surface area contributed by atoms with Crippen molar-refractivity contribution in [2.45, 2.75) is 6.92 Å². The molecule has 1 amide bonds. The van der Waals surface area contributed by atoms with Gasteiger partial charge in [-0.2, -0.15) is 0 Å². The van der Waals surface area contributed by atoms with Gasteiger partial charge in [-0.15, -0.1) is 0 Å². The van der Waals surface area contributed by atoms with Crippen molar-refractivity contribution in [2.75, 3.05) is 6.54 Å². The largest absolute Gasteiger partial charge is 0.352 e. The number of nitrogens with one attached hydrogen (secondary N) is 1. The van der Waals surface area contributed by atoms with Crippen LogP contribution in [0.2, 0.25) is 0 Å². The molecule has 0 aliphatic rings. The molecule has 0 spiro atoms. The van der Waals surface area contributed by atoms with Crippen LogP contribution in [-0.2, 0) is 0 Å². The lowest BCUT2D eigenvalue weighted by molar-refractivity contribution is 0.0955. The fourth-order valence-corrected chi connectivity index (χ4v) is 1.24. The van der Waals surface area contributed by atoms with Gasteiger partial charge in [-0.25, -0.2) is 4.39 Å². The summed E-state index contributed by atoms with van der Waals surface area (Å²) in [6.07, 6.45) is 0. The molecule has 1 N–H and O–H groups in total. The molecule has 0 unspecified atom stereocenters. The van der Waals surface area contributed by atoms with Crippen molar-refractivity contribution in [1.82, 2.24) is 5.32 Å². The first kappa shape index (κ1) is 10.4. The Hall–Kier alpha value is -0.650. The predicted molar refractivity (Wildman–Crippen MR) is 57.1 cm³/mol. The zero-order chi connectivity index (χ0) is 9.84. The summed E-state index contributed by atoms with van der Waals surface area (Å²) in [5, 5.41) is 2.60. The van der Waals surface area contributed by atoms with E-state index in [9.17, 15) is 9.18 Å². The van der Waals surface area contributed by atoms with Crippen LogP contribution in [0.4, 0.5) is 4.39 Å². The highest BCUT2D eigenvalue weighted by atomic mass is 127. The molecule has 0 aromatic heterocycles. The standard InChI is InChI=1S/C9H9FINO/c1-2-12-9(13)6-3-4-8(11)7(10)5-6/h3-5H,2H2,1H3,(H,12,13). The molecule has 0 radical (unpaired) electrons. The molecule has 2 nitrogen and oxygen atoms in total. The van der Waals surface area contributed by atoms with Crippen LogP contribution in [0.25, 0.3) is 0 Å². The molecular weight excluding hydrogens is 284 g/mol. The van der Waals surface area contributed by atoms with E-state index in [0.29, 0.717) is 15.7 Å². The van der Waals surface area contributed by atoms with Crippen molar-refractivity contribution in [3.8, 4) is 0 Å². The molecule has 0 bridgehead atoms. The normalized spacial score (nSPS) is 9.77. The van der Waals surface area contributed by atoms with E-state index in [1.165, 1.54) is 6.07 Å². The van der Waals surface area contributed by atoms with E-state index in [2.05, 4.69) is 5.32 Å². The molecule has 1 rings (SSSR count). The minimum atomic E-state index is -0.357. The summed E-state index contributed by atoms with van der Waals surface area (Å²) in [5.41, 5.74) is 0.361. The molecule has 0 saturated heterocycles. The van der Waals surface area contributed by atoms with E-state index >= 15 is 0 Å². The van der Waals surface area contributed by atoms with E-state index in [1.54, 1.807) is 12.1 Å². The summed E-state index contributed by atoms with van der Waals surface area (Å²) in [6, 6.07) is 4.43. The van der Waals surface area contributed by atoms with Gasteiger partial charge < -0.3 is 5.32 Å². The number of carbonyl (C=O) groups excluding carboxylic acids is 1. The molecule has 1 aromatic rings. The van der Waals surface area contributed by atoms with Crippen molar-refractivity contribution in [3.63, 3.8) is 0 Å². The average Bonchev–Trinajstić information content (AvgIpc) is 2.10. The third kappa shape index (κ3) is 2.65. The summed E-state index contributed by atoms with van der Waals surface area (Å²) < 4.78 is 13.5. The van der Waals surface area contributed by atoms with Crippen LogP contribution >= 0.6 is 22.6 Å². The SMILES string of the molecule is CCNC(=O)c1ccc(I)c(F)c1. The highest BCUT2D eigenvalue weighted by molar-refractivity contribution is 14.1. The Balaban J connectivity index is 2.90. The fraction of sp³-hybridized carbons (Fsp3) is 0.222. The van der Waals surface area contributed by atoms with Crippen molar-refractivity contribution < 1.29 is 9.18 Å². The van der Waals surface area contributed by atoms with Crippen LogP contribution in [0.1, 0.15) is 17.3 Å². The Morgan fingerprint density at radius 1 is 1.62 bits per heavy atom. The zero-order valence-electron chi connectivity index (χ0n) is 7.10. The minimum Gasteiger partial charge on any atom is -0.352 e. The van der Waals surface area contributed by atoms with E-state index in [0.717, 1.165) is 0 Å². The van der Waals surface area contributed by atoms with E-state index in [1.807, 2.05) is 29.5 Å². The number of hydrogen-bond donors (Lipinski definition) is 1. The van der Waals surface area contributed by atoms with Gasteiger partial charge in [0.05, 0.1) is 0 Å². The third-order valence-corrected chi connectivity index (χ3v) is 2.39. The van der Waals surface area contributed by atoms with Crippen molar-refractivity contribution in [3.05, 3.63) is 33.1 Å². The lowest BCUT2D eigenvalue weighted by atomic mass is 10.2. The Morgan fingerprint density at radius 2 is 2.31 bits per heavy atom. The van der Waals surface area contributed by atoms with Gasteiger partial charge in [0.25, 0.3) is 5.91 Å². The highest BCUT2D eigenvalue weighted by Gasteiger charge is 2.06. The van der Waals surface area contributed by atoms with Crippen LogP contribution in [0.3, 0.4) is 0 Å². The van der Waals surface area contributed by atoms with E-state index in [-0.39, 0.29) is 11.7 Å². The molecule has 0 atom stereocenters.